The van der Waals surface area contributed by atoms with Gasteiger partial charge in [0.25, 0.3) is 0 Å². The monoisotopic (exact) mass is 398 g/mol. The minimum absolute atomic E-state index is 0.339. The van der Waals surface area contributed by atoms with Gasteiger partial charge >= 0.3 is 6.18 Å². The third kappa shape index (κ3) is 2.93. The van der Waals surface area contributed by atoms with E-state index < -0.39 is 11.7 Å². The molecule has 0 radical (unpaired) electrons. The normalized spacial score (nSPS) is 17.0. The Morgan fingerprint density at radius 3 is 2.72 bits per heavy atom. The number of nitrogens with zero attached hydrogens (tertiary/aromatic N) is 5. The molecule has 5 heterocycles. The molecule has 1 aliphatic rings. The van der Waals surface area contributed by atoms with E-state index >= 15 is 0 Å². The second-order valence-corrected chi connectivity index (χ2v) is 7.09. The van der Waals surface area contributed by atoms with Gasteiger partial charge in [0.2, 0.25) is 0 Å². The van der Waals surface area contributed by atoms with Crippen LogP contribution in [0.2, 0.25) is 0 Å². The van der Waals surface area contributed by atoms with Gasteiger partial charge in [-0.1, -0.05) is 6.07 Å². The number of hydrogen-bond donors (Lipinski definition) is 1. The molecule has 0 bridgehead atoms. The molecule has 0 spiro atoms. The van der Waals surface area contributed by atoms with Crippen molar-refractivity contribution in [2.45, 2.75) is 25.6 Å². The van der Waals surface area contributed by atoms with Crippen molar-refractivity contribution in [2.75, 3.05) is 11.4 Å². The number of aromatic nitrogens is 5. The summed E-state index contributed by atoms with van der Waals surface area (Å²) in [5.74, 6) is 0.463. The first kappa shape index (κ1) is 17.7. The van der Waals surface area contributed by atoms with E-state index in [2.05, 4.69) is 15.0 Å². The SMILES string of the molecule is Cc1cccc2cc(C3c4nc[nH]c4CCN3c3ccc(C(F)(F)F)cn3)nn12. The first-order valence-electron chi connectivity index (χ1n) is 9.19. The van der Waals surface area contributed by atoms with Crippen molar-refractivity contribution in [1.82, 2.24) is 24.6 Å². The zero-order chi connectivity index (χ0) is 20.2. The van der Waals surface area contributed by atoms with E-state index in [0.29, 0.717) is 18.8 Å². The molecule has 4 aromatic rings. The number of anilines is 1. The third-order valence-electron chi connectivity index (χ3n) is 5.27. The molecule has 29 heavy (non-hydrogen) atoms. The molecule has 0 amide bonds. The highest BCUT2D eigenvalue weighted by molar-refractivity contribution is 5.54. The Morgan fingerprint density at radius 1 is 1.14 bits per heavy atom. The number of aryl methyl sites for hydroxylation is 1. The molecule has 5 rings (SSSR count). The van der Waals surface area contributed by atoms with Crippen LogP contribution in [0.25, 0.3) is 5.52 Å². The highest BCUT2D eigenvalue weighted by atomic mass is 19.4. The maximum atomic E-state index is 12.9. The van der Waals surface area contributed by atoms with Crippen LogP contribution in [0.1, 0.15) is 34.4 Å². The van der Waals surface area contributed by atoms with Gasteiger partial charge in [-0.2, -0.15) is 18.3 Å². The lowest BCUT2D eigenvalue weighted by Crippen LogP contribution is -2.37. The number of rotatable bonds is 2. The topological polar surface area (TPSA) is 62.1 Å². The van der Waals surface area contributed by atoms with E-state index in [1.54, 1.807) is 6.33 Å². The molecule has 0 saturated heterocycles. The molecule has 0 aliphatic carbocycles. The zero-order valence-electron chi connectivity index (χ0n) is 15.5. The standard InChI is InChI=1S/C20H17F3N6/c1-12-3-2-4-14-9-16(27-29(12)14)19-18-15(25-11-26-18)7-8-28(19)17-6-5-13(10-24-17)20(21,22)23/h2-6,9-11,19H,7-8H2,1H3,(H,25,26). The van der Waals surface area contributed by atoms with Gasteiger partial charge in [-0.3, -0.25) is 0 Å². The van der Waals surface area contributed by atoms with Gasteiger partial charge in [-0.15, -0.1) is 0 Å². The van der Waals surface area contributed by atoms with Gasteiger partial charge in [0.05, 0.1) is 28.8 Å². The number of hydrogen-bond acceptors (Lipinski definition) is 4. The van der Waals surface area contributed by atoms with Crippen LogP contribution < -0.4 is 4.90 Å². The number of alkyl halides is 3. The van der Waals surface area contributed by atoms with Gasteiger partial charge in [0.1, 0.15) is 11.9 Å². The van der Waals surface area contributed by atoms with Crippen LogP contribution in [-0.4, -0.2) is 31.1 Å². The summed E-state index contributed by atoms with van der Waals surface area (Å²) in [7, 11) is 0. The molecular formula is C20H17F3N6. The molecule has 0 saturated carbocycles. The second kappa shape index (κ2) is 6.33. The fourth-order valence-electron chi connectivity index (χ4n) is 3.85. The van der Waals surface area contributed by atoms with E-state index in [9.17, 15) is 13.2 Å². The number of nitrogens with one attached hydrogen (secondary N) is 1. The molecule has 1 atom stereocenters. The van der Waals surface area contributed by atoms with Crippen molar-refractivity contribution in [3.05, 3.63) is 77.3 Å². The van der Waals surface area contributed by atoms with Crippen LogP contribution in [0.5, 0.6) is 0 Å². The fourth-order valence-corrected chi connectivity index (χ4v) is 3.85. The van der Waals surface area contributed by atoms with E-state index in [-0.39, 0.29) is 6.04 Å². The molecule has 0 aromatic carbocycles. The van der Waals surface area contributed by atoms with E-state index in [1.165, 1.54) is 6.07 Å². The van der Waals surface area contributed by atoms with Crippen LogP contribution in [0, 0.1) is 6.92 Å². The van der Waals surface area contributed by atoms with Crippen LogP contribution in [-0.2, 0) is 12.6 Å². The minimum atomic E-state index is -4.42. The van der Waals surface area contributed by atoms with Crippen molar-refractivity contribution >= 4 is 11.3 Å². The summed E-state index contributed by atoms with van der Waals surface area (Å²) in [6.07, 6.45) is -1.20. The van der Waals surface area contributed by atoms with E-state index in [4.69, 9.17) is 5.10 Å². The number of pyridine rings is 2. The minimum Gasteiger partial charge on any atom is -0.348 e. The summed E-state index contributed by atoms with van der Waals surface area (Å²) in [5, 5.41) is 4.76. The first-order chi connectivity index (χ1) is 13.9. The number of aromatic amines is 1. The summed E-state index contributed by atoms with van der Waals surface area (Å²) in [5.41, 5.74) is 3.77. The van der Waals surface area contributed by atoms with Crippen molar-refractivity contribution in [3.8, 4) is 0 Å². The van der Waals surface area contributed by atoms with Crippen LogP contribution >= 0.6 is 0 Å². The number of halogens is 3. The predicted octanol–water partition coefficient (Wildman–Crippen LogP) is 3.93. The molecule has 1 aliphatic heterocycles. The Morgan fingerprint density at radius 2 is 2.00 bits per heavy atom. The molecule has 0 fully saturated rings. The average molecular weight is 398 g/mol. The quantitative estimate of drug-likeness (QED) is 0.556. The maximum Gasteiger partial charge on any atom is 0.417 e. The summed E-state index contributed by atoms with van der Waals surface area (Å²) >= 11 is 0. The zero-order valence-corrected chi connectivity index (χ0v) is 15.5. The Hall–Kier alpha value is -3.36. The summed E-state index contributed by atoms with van der Waals surface area (Å²) in [6.45, 7) is 2.56. The first-order valence-corrected chi connectivity index (χ1v) is 9.19. The summed E-state index contributed by atoms with van der Waals surface area (Å²) < 4.78 is 40.7. The van der Waals surface area contributed by atoms with Crippen LogP contribution in [0.15, 0.2) is 48.9 Å². The largest absolute Gasteiger partial charge is 0.417 e. The molecule has 1 N–H and O–H groups in total. The number of imidazole rings is 1. The Bertz CT molecular complexity index is 1180. The van der Waals surface area contributed by atoms with E-state index in [0.717, 1.165) is 40.6 Å². The second-order valence-electron chi connectivity index (χ2n) is 7.09. The Balaban J connectivity index is 1.61. The third-order valence-corrected chi connectivity index (χ3v) is 5.27. The maximum absolute atomic E-state index is 12.9. The van der Waals surface area contributed by atoms with Crippen molar-refractivity contribution in [2.24, 2.45) is 0 Å². The van der Waals surface area contributed by atoms with Gasteiger partial charge in [-0.25, -0.2) is 14.5 Å². The van der Waals surface area contributed by atoms with Crippen molar-refractivity contribution in [1.29, 1.82) is 0 Å². The van der Waals surface area contributed by atoms with Gasteiger partial charge in [0.15, 0.2) is 0 Å². The molecular weight excluding hydrogens is 381 g/mol. The summed E-state index contributed by atoms with van der Waals surface area (Å²) in [6, 6.07) is 10.0. The number of fused-ring (bicyclic) bond motifs is 2. The van der Waals surface area contributed by atoms with Gasteiger partial charge in [-0.05, 0) is 37.3 Å². The fraction of sp³-hybridized carbons (Fsp3) is 0.250. The smallest absolute Gasteiger partial charge is 0.348 e. The molecule has 4 aromatic heterocycles. The van der Waals surface area contributed by atoms with Crippen LogP contribution in [0.3, 0.4) is 0 Å². The van der Waals surface area contributed by atoms with E-state index in [1.807, 2.05) is 40.6 Å². The lowest BCUT2D eigenvalue weighted by molar-refractivity contribution is -0.137. The van der Waals surface area contributed by atoms with Gasteiger partial charge in [0, 0.05) is 30.6 Å². The van der Waals surface area contributed by atoms with Crippen molar-refractivity contribution < 1.29 is 13.2 Å². The van der Waals surface area contributed by atoms with Crippen molar-refractivity contribution in [3.63, 3.8) is 0 Å². The lowest BCUT2D eigenvalue weighted by Gasteiger charge is -2.35. The molecule has 1 unspecified atom stereocenters. The highest BCUT2D eigenvalue weighted by Gasteiger charge is 2.35. The average Bonchev–Trinajstić information content (AvgIpc) is 3.34. The molecule has 9 heteroatoms. The Kier molecular flexibility index (Phi) is 3.87. The van der Waals surface area contributed by atoms with Gasteiger partial charge < -0.3 is 9.88 Å². The molecule has 148 valence electrons. The van der Waals surface area contributed by atoms with Crippen LogP contribution in [0.4, 0.5) is 19.0 Å². The predicted molar refractivity (Wildman–Crippen MR) is 101 cm³/mol. The molecule has 6 nitrogen and oxygen atoms in total. The Labute approximate surface area is 164 Å². The lowest BCUT2D eigenvalue weighted by atomic mass is 9.99. The summed E-state index contributed by atoms with van der Waals surface area (Å²) in [4.78, 5) is 13.7. The highest BCUT2D eigenvalue weighted by Crippen LogP contribution is 2.37. The number of H-pyrrole nitrogens is 1.